The summed E-state index contributed by atoms with van der Waals surface area (Å²) in [4.78, 5) is 13.2. The molecular weight excluding hydrogens is 282 g/mol. The molecule has 1 amide bonds. The zero-order chi connectivity index (χ0) is 15.1. The number of carbonyl (C=O) groups is 1. The molecule has 0 radical (unpaired) electrons. The molecule has 0 bridgehead atoms. The maximum atomic E-state index is 12.0. The van der Waals surface area contributed by atoms with Crippen molar-refractivity contribution in [2.45, 2.75) is 25.2 Å². The molecule has 0 aliphatic heterocycles. The summed E-state index contributed by atoms with van der Waals surface area (Å²) >= 11 is 1.73. The Bertz CT molecular complexity index is 566. The van der Waals surface area contributed by atoms with Crippen molar-refractivity contribution < 1.29 is 4.79 Å². The Balaban J connectivity index is 1.73. The van der Waals surface area contributed by atoms with E-state index in [4.69, 9.17) is 0 Å². The van der Waals surface area contributed by atoms with Crippen LogP contribution in [-0.4, -0.2) is 28.4 Å². The summed E-state index contributed by atoms with van der Waals surface area (Å²) in [5.41, 5.74) is 1.48. The van der Waals surface area contributed by atoms with E-state index in [9.17, 15) is 4.79 Å². The highest BCUT2D eigenvalue weighted by molar-refractivity contribution is 7.99. The van der Waals surface area contributed by atoms with Crippen molar-refractivity contribution in [2.75, 3.05) is 12.3 Å². The van der Waals surface area contributed by atoms with Crippen LogP contribution in [0.15, 0.2) is 41.3 Å². The number of nitrogens with zero attached hydrogens (tertiary/aromatic N) is 1. The zero-order valence-electron chi connectivity index (χ0n) is 12.4. The van der Waals surface area contributed by atoms with Gasteiger partial charge in [-0.2, -0.15) is 5.10 Å². The summed E-state index contributed by atoms with van der Waals surface area (Å²) in [6.45, 7) is 4.91. The normalized spacial score (nSPS) is 10.8. The molecule has 4 nitrogen and oxygen atoms in total. The summed E-state index contributed by atoms with van der Waals surface area (Å²) in [6.07, 6.45) is 0.907. The van der Waals surface area contributed by atoms with Crippen LogP contribution in [0.2, 0.25) is 0 Å². The van der Waals surface area contributed by atoms with Crippen LogP contribution in [0, 0.1) is 5.92 Å². The van der Waals surface area contributed by atoms with E-state index >= 15 is 0 Å². The monoisotopic (exact) mass is 303 g/mol. The first kappa shape index (κ1) is 15.6. The molecule has 0 fully saturated rings. The minimum absolute atomic E-state index is 0.116. The number of aromatic nitrogens is 2. The molecular formula is C16H21N3OS. The average Bonchev–Trinajstić information content (AvgIpc) is 2.92. The highest BCUT2D eigenvalue weighted by Crippen LogP contribution is 2.15. The molecule has 0 atom stereocenters. The van der Waals surface area contributed by atoms with Gasteiger partial charge in [0.25, 0.3) is 5.91 Å². The first-order valence-electron chi connectivity index (χ1n) is 7.15. The second-order valence-corrected chi connectivity index (χ2v) is 6.46. The van der Waals surface area contributed by atoms with Gasteiger partial charge in [0, 0.05) is 22.9 Å². The summed E-state index contributed by atoms with van der Waals surface area (Å²) < 4.78 is 0. The molecule has 2 rings (SSSR count). The van der Waals surface area contributed by atoms with Gasteiger partial charge in [0.05, 0.1) is 0 Å². The van der Waals surface area contributed by atoms with Gasteiger partial charge in [-0.05, 0) is 30.5 Å². The van der Waals surface area contributed by atoms with E-state index in [1.165, 1.54) is 4.90 Å². The molecule has 0 saturated carbocycles. The maximum absolute atomic E-state index is 12.0. The fraction of sp³-hybridized carbons (Fsp3) is 0.375. The lowest BCUT2D eigenvalue weighted by Gasteiger charge is -2.03. The molecule has 5 heteroatoms. The first-order chi connectivity index (χ1) is 10.1. The number of H-pyrrole nitrogens is 1. The van der Waals surface area contributed by atoms with Gasteiger partial charge in [-0.1, -0.05) is 32.0 Å². The molecule has 0 unspecified atom stereocenters. The predicted molar refractivity (Wildman–Crippen MR) is 86.6 cm³/mol. The van der Waals surface area contributed by atoms with Crippen LogP contribution in [-0.2, 0) is 6.42 Å². The van der Waals surface area contributed by atoms with Crippen LogP contribution < -0.4 is 5.32 Å². The summed E-state index contributed by atoms with van der Waals surface area (Å²) in [5, 5.41) is 9.87. The lowest BCUT2D eigenvalue weighted by molar-refractivity contribution is 0.0951. The van der Waals surface area contributed by atoms with E-state index in [2.05, 4.69) is 41.5 Å². The molecule has 2 N–H and O–H groups in total. The molecule has 0 spiro atoms. The zero-order valence-corrected chi connectivity index (χ0v) is 13.2. The van der Waals surface area contributed by atoms with Crippen molar-refractivity contribution in [3.05, 3.63) is 47.8 Å². The first-order valence-corrected chi connectivity index (χ1v) is 8.14. The van der Waals surface area contributed by atoms with Crippen LogP contribution in [0.5, 0.6) is 0 Å². The van der Waals surface area contributed by atoms with Crippen LogP contribution in [0.25, 0.3) is 0 Å². The van der Waals surface area contributed by atoms with E-state index in [1.54, 1.807) is 11.8 Å². The van der Waals surface area contributed by atoms with Gasteiger partial charge < -0.3 is 5.32 Å². The lowest BCUT2D eigenvalue weighted by Crippen LogP contribution is -2.26. The third kappa shape index (κ3) is 5.27. The Labute approximate surface area is 129 Å². The number of hydrogen-bond donors (Lipinski definition) is 2. The maximum Gasteiger partial charge on any atom is 0.271 e. The molecule has 2 aromatic rings. The molecule has 0 saturated heterocycles. The molecule has 1 aromatic carbocycles. The van der Waals surface area contributed by atoms with Gasteiger partial charge in [-0.25, -0.2) is 0 Å². The highest BCUT2D eigenvalue weighted by atomic mass is 32.2. The third-order valence-corrected chi connectivity index (χ3v) is 3.91. The molecule has 112 valence electrons. The SMILES string of the molecule is CC(C)Cc1cc(C(=O)NCCSc2ccccc2)n[nH]1. The number of aromatic amines is 1. The number of carbonyl (C=O) groups excluding carboxylic acids is 1. The summed E-state index contributed by atoms with van der Waals surface area (Å²) in [7, 11) is 0. The molecule has 21 heavy (non-hydrogen) atoms. The minimum Gasteiger partial charge on any atom is -0.350 e. The second kappa shape index (κ2) is 7.88. The molecule has 0 aliphatic carbocycles. The van der Waals surface area contributed by atoms with E-state index in [1.807, 2.05) is 24.3 Å². The Hall–Kier alpha value is -1.75. The van der Waals surface area contributed by atoms with Crippen LogP contribution in [0.3, 0.4) is 0 Å². The van der Waals surface area contributed by atoms with Crippen molar-refractivity contribution in [3.63, 3.8) is 0 Å². The number of thioether (sulfide) groups is 1. The van der Waals surface area contributed by atoms with E-state index < -0.39 is 0 Å². The summed E-state index contributed by atoms with van der Waals surface area (Å²) in [6, 6.07) is 12.0. The predicted octanol–water partition coefficient (Wildman–Crippen LogP) is 3.13. The van der Waals surface area contributed by atoms with Crippen molar-refractivity contribution in [1.29, 1.82) is 0 Å². The topological polar surface area (TPSA) is 57.8 Å². The Kier molecular flexibility index (Phi) is 5.87. The smallest absolute Gasteiger partial charge is 0.271 e. The van der Waals surface area contributed by atoms with Crippen LogP contribution in [0.1, 0.15) is 30.0 Å². The minimum atomic E-state index is -0.116. The number of benzene rings is 1. The fourth-order valence-corrected chi connectivity index (χ4v) is 2.75. The van der Waals surface area contributed by atoms with Gasteiger partial charge in [0.1, 0.15) is 5.69 Å². The van der Waals surface area contributed by atoms with Gasteiger partial charge in [-0.15, -0.1) is 11.8 Å². The number of hydrogen-bond acceptors (Lipinski definition) is 3. The molecule has 0 aliphatic rings. The van der Waals surface area contributed by atoms with Crippen molar-refractivity contribution in [1.82, 2.24) is 15.5 Å². The van der Waals surface area contributed by atoms with E-state index in [-0.39, 0.29) is 5.91 Å². The van der Waals surface area contributed by atoms with E-state index in [0.29, 0.717) is 18.2 Å². The van der Waals surface area contributed by atoms with Gasteiger partial charge in [0.15, 0.2) is 0 Å². The Morgan fingerprint density at radius 2 is 2.10 bits per heavy atom. The average molecular weight is 303 g/mol. The van der Waals surface area contributed by atoms with Crippen molar-refractivity contribution in [3.8, 4) is 0 Å². The standard InChI is InChI=1S/C16H21N3OS/c1-12(2)10-13-11-15(19-18-13)16(20)17-8-9-21-14-6-4-3-5-7-14/h3-7,11-12H,8-10H2,1-2H3,(H,17,20)(H,18,19). The number of rotatable bonds is 7. The summed E-state index contributed by atoms with van der Waals surface area (Å²) in [5.74, 6) is 1.28. The fourth-order valence-electron chi connectivity index (χ4n) is 1.96. The Morgan fingerprint density at radius 1 is 1.33 bits per heavy atom. The largest absolute Gasteiger partial charge is 0.350 e. The van der Waals surface area contributed by atoms with Crippen molar-refractivity contribution in [2.24, 2.45) is 5.92 Å². The van der Waals surface area contributed by atoms with Gasteiger partial charge in [0.2, 0.25) is 0 Å². The van der Waals surface area contributed by atoms with Crippen LogP contribution >= 0.6 is 11.8 Å². The van der Waals surface area contributed by atoms with Gasteiger partial charge >= 0.3 is 0 Å². The number of amides is 1. The van der Waals surface area contributed by atoms with Gasteiger partial charge in [-0.3, -0.25) is 9.89 Å². The number of nitrogens with one attached hydrogen (secondary N) is 2. The highest BCUT2D eigenvalue weighted by Gasteiger charge is 2.10. The van der Waals surface area contributed by atoms with Crippen LogP contribution in [0.4, 0.5) is 0 Å². The third-order valence-electron chi connectivity index (χ3n) is 2.89. The Morgan fingerprint density at radius 3 is 2.81 bits per heavy atom. The lowest BCUT2D eigenvalue weighted by atomic mass is 10.1. The second-order valence-electron chi connectivity index (χ2n) is 5.29. The van der Waals surface area contributed by atoms with E-state index in [0.717, 1.165) is 17.9 Å². The molecule has 1 heterocycles. The van der Waals surface area contributed by atoms with Crippen molar-refractivity contribution >= 4 is 17.7 Å². The quantitative estimate of drug-likeness (QED) is 0.610. The molecule has 1 aromatic heterocycles.